The van der Waals surface area contributed by atoms with Crippen molar-refractivity contribution in [3.8, 4) is 5.75 Å². The van der Waals surface area contributed by atoms with Gasteiger partial charge in [0.1, 0.15) is 18.4 Å². The lowest BCUT2D eigenvalue weighted by atomic mass is 10.0. The van der Waals surface area contributed by atoms with E-state index in [0.717, 1.165) is 16.5 Å². The van der Waals surface area contributed by atoms with Crippen LogP contribution in [0.15, 0.2) is 54.7 Å². The molecule has 1 saturated heterocycles. The fourth-order valence-electron chi connectivity index (χ4n) is 3.96. The Morgan fingerprint density at radius 1 is 1.10 bits per heavy atom. The van der Waals surface area contributed by atoms with Crippen molar-refractivity contribution >= 4 is 22.8 Å². The van der Waals surface area contributed by atoms with E-state index >= 15 is 0 Å². The number of aromatic nitrogens is 1. The Morgan fingerprint density at radius 3 is 2.50 bits per heavy atom. The van der Waals surface area contributed by atoms with Crippen LogP contribution >= 0.6 is 0 Å². The third-order valence-corrected chi connectivity index (χ3v) is 5.59. The molecule has 1 atom stereocenters. The number of H-pyrrole nitrogens is 1. The number of amides is 1. The number of carbonyl (C=O) groups is 2. The predicted molar refractivity (Wildman–Crippen MR) is 113 cm³/mol. The van der Waals surface area contributed by atoms with Crippen LogP contribution in [0.2, 0.25) is 0 Å². The normalized spacial score (nSPS) is 15.8. The number of piperazine rings is 1. The van der Waals surface area contributed by atoms with Gasteiger partial charge in [-0.25, -0.2) is 0 Å². The van der Waals surface area contributed by atoms with Gasteiger partial charge in [0.2, 0.25) is 5.91 Å². The van der Waals surface area contributed by atoms with Crippen LogP contribution in [-0.4, -0.2) is 57.9 Å². The molecule has 1 amide bonds. The maximum absolute atomic E-state index is 12.2. The van der Waals surface area contributed by atoms with E-state index in [1.54, 1.807) is 18.0 Å². The van der Waals surface area contributed by atoms with Gasteiger partial charge >= 0.3 is 5.97 Å². The fourth-order valence-corrected chi connectivity index (χ4v) is 3.96. The van der Waals surface area contributed by atoms with Crippen molar-refractivity contribution in [1.29, 1.82) is 0 Å². The number of carbonyl (C=O) groups excluding carboxylic acids is 1. The molecule has 0 spiro atoms. The third kappa shape index (κ3) is 4.16. The number of carboxylic acid groups (broad SMARTS) is 1. The highest BCUT2D eigenvalue weighted by Crippen LogP contribution is 2.32. The van der Waals surface area contributed by atoms with Crippen LogP contribution in [0.3, 0.4) is 0 Å². The quantitative estimate of drug-likeness (QED) is 0.656. The second-order valence-electron chi connectivity index (χ2n) is 7.51. The molecular formula is C23H25N3O4. The summed E-state index contributed by atoms with van der Waals surface area (Å²) in [7, 11) is 0. The van der Waals surface area contributed by atoms with Gasteiger partial charge in [-0.15, -0.1) is 0 Å². The van der Waals surface area contributed by atoms with Crippen molar-refractivity contribution in [1.82, 2.24) is 14.8 Å². The van der Waals surface area contributed by atoms with Crippen LogP contribution in [-0.2, 0) is 16.2 Å². The number of nitrogens with one attached hydrogen (secondary N) is 1. The van der Waals surface area contributed by atoms with E-state index in [0.29, 0.717) is 44.1 Å². The Morgan fingerprint density at radius 2 is 1.83 bits per heavy atom. The van der Waals surface area contributed by atoms with Crippen LogP contribution in [0.25, 0.3) is 10.9 Å². The first-order chi connectivity index (χ1) is 14.5. The van der Waals surface area contributed by atoms with Gasteiger partial charge in [-0.1, -0.05) is 30.3 Å². The second-order valence-corrected chi connectivity index (χ2v) is 7.51. The largest absolute Gasteiger partial charge is 0.489 e. The molecule has 4 rings (SSSR count). The summed E-state index contributed by atoms with van der Waals surface area (Å²) >= 11 is 0. The van der Waals surface area contributed by atoms with Crippen molar-refractivity contribution in [2.24, 2.45) is 0 Å². The van der Waals surface area contributed by atoms with E-state index in [1.165, 1.54) is 0 Å². The van der Waals surface area contributed by atoms with Gasteiger partial charge in [0.15, 0.2) is 0 Å². The summed E-state index contributed by atoms with van der Waals surface area (Å²) in [6.07, 6.45) is 1.77. The van der Waals surface area contributed by atoms with E-state index < -0.39 is 12.0 Å². The number of carboxylic acids is 1. The summed E-state index contributed by atoms with van der Waals surface area (Å²) < 4.78 is 5.93. The Bertz CT molecular complexity index is 1040. The smallest absolute Gasteiger partial charge is 0.325 e. The first kappa shape index (κ1) is 20.0. The third-order valence-electron chi connectivity index (χ3n) is 5.59. The Kier molecular flexibility index (Phi) is 5.72. The minimum atomic E-state index is -0.900. The van der Waals surface area contributed by atoms with E-state index in [-0.39, 0.29) is 5.91 Å². The van der Waals surface area contributed by atoms with Crippen LogP contribution in [0.5, 0.6) is 5.75 Å². The zero-order valence-corrected chi connectivity index (χ0v) is 16.9. The minimum absolute atomic E-state index is 0.0221. The Labute approximate surface area is 174 Å². The molecule has 2 aromatic carbocycles. The molecule has 1 aromatic heterocycles. The first-order valence-electron chi connectivity index (χ1n) is 10.0. The van der Waals surface area contributed by atoms with Crippen LogP contribution in [0.4, 0.5) is 0 Å². The highest BCUT2D eigenvalue weighted by atomic mass is 16.5. The molecule has 0 aliphatic carbocycles. The molecule has 1 aliphatic heterocycles. The summed E-state index contributed by atoms with van der Waals surface area (Å²) in [5.41, 5.74) is 2.64. The second kappa shape index (κ2) is 8.59. The van der Waals surface area contributed by atoms with E-state index in [9.17, 15) is 14.7 Å². The molecule has 0 saturated carbocycles. The van der Waals surface area contributed by atoms with Crippen molar-refractivity contribution in [3.05, 3.63) is 65.9 Å². The van der Waals surface area contributed by atoms with Gasteiger partial charge in [-0.2, -0.15) is 0 Å². The molecule has 7 heteroatoms. The number of aromatic amines is 1. The van der Waals surface area contributed by atoms with Crippen molar-refractivity contribution in [3.63, 3.8) is 0 Å². The van der Waals surface area contributed by atoms with Gasteiger partial charge < -0.3 is 19.7 Å². The number of hydrogen-bond donors (Lipinski definition) is 2. The summed E-state index contributed by atoms with van der Waals surface area (Å²) in [5.74, 6) is -0.186. The van der Waals surface area contributed by atoms with Crippen molar-refractivity contribution in [2.75, 3.05) is 26.2 Å². The molecule has 0 radical (unpaired) electrons. The Balaban J connectivity index is 1.57. The number of nitrogens with zero attached hydrogens (tertiary/aromatic N) is 2. The van der Waals surface area contributed by atoms with E-state index in [1.807, 2.05) is 53.4 Å². The van der Waals surface area contributed by atoms with Gasteiger partial charge in [-0.3, -0.25) is 14.5 Å². The number of aliphatic carboxylic acids is 1. The summed E-state index contributed by atoms with van der Waals surface area (Å²) in [5, 5.41) is 10.8. The van der Waals surface area contributed by atoms with Crippen molar-refractivity contribution in [2.45, 2.75) is 19.6 Å². The summed E-state index contributed by atoms with van der Waals surface area (Å²) in [4.78, 5) is 30.6. The lowest BCUT2D eigenvalue weighted by Crippen LogP contribution is -2.50. The molecule has 1 fully saturated rings. The molecule has 2 heterocycles. The van der Waals surface area contributed by atoms with Crippen molar-refractivity contribution < 1.29 is 19.4 Å². The lowest BCUT2D eigenvalue weighted by molar-refractivity contribution is -0.144. The Hall–Kier alpha value is -3.32. The van der Waals surface area contributed by atoms with E-state index in [4.69, 9.17) is 4.74 Å². The SMILES string of the molecule is CC(=O)N1CCN(C(C(=O)O)c2c[nH]c3ccc(OCc4ccccc4)cc23)CC1. The number of benzene rings is 2. The monoisotopic (exact) mass is 407 g/mol. The topological polar surface area (TPSA) is 85.9 Å². The maximum Gasteiger partial charge on any atom is 0.325 e. The minimum Gasteiger partial charge on any atom is -0.489 e. The van der Waals surface area contributed by atoms with Crippen LogP contribution in [0, 0.1) is 0 Å². The molecule has 7 nitrogen and oxygen atoms in total. The highest BCUT2D eigenvalue weighted by Gasteiger charge is 2.32. The molecule has 2 N–H and O–H groups in total. The molecule has 3 aromatic rings. The highest BCUT2D eigenvalue weighted by molar-refractivity contribution is 5.90. The number of hydrogen-bond acceptors (Lipinski definition) is 4. The zero-order valence-electron chi connectivity index (χ0n) is 16.9. The van der Waals surface area contributed by atoms with Crippen LogP contribution < -0.4 is 4.74 Å². The summed E-state index contributed by atoms with van der Waals surface area (Å²) in [6.45, 7) is 4.10. The maximum atomic E-state index is 12.2. The van der Waals surface area contributed by atoms with Gasteiger partial charge in [0.05, 0.1) is 0 Å². The van der Waals surface area contributed by atoms with Gasteiger partial charge in [-0.05, 0) is 23.8 Å². The zero-order chi connectivity index (χ0) is 21.1. The molecule has 0 bridgehead atoms. The molecule has 30 heavy (non-hydrogen) atoms. The molecule has 156 valence electrons. The molecular weight excluding hydrogens is 382 g/mol. The predicted octanol–water partition coefficient (Wildman–Crippen LogP) is 3.04. The van der Waals surface area contributed by atoms with Gasteiger partial charge in [0.25, 0.3) is 0 Å². The standard InChI is InChI=1S/C23H25N3O4/c1-16(27)25-9-11-26(12-10-25)22(23(28)29)20-14-24-21-8-7-18(13-19(20)21)30-15-17-5-3-2-4-6-17/h2-8,13-14,22,24H,9-12,15H2,1H3,(H,28,29). The molecule has 1 aliphatic rings. The lowest BCUT2D eigenvalue weighted by Gasteiger charge is -2.37. The number of ether oxygens (including phenoxy) is 1. The first-order valence-corrected chi connectivity index (χ1v) is 10.0. The average molecular weight is 407 g/mol. The summed E-state index contributed by atoms with van der Waals surface area (Å²) in [6, 6.07) is 14.8. The molecule has 1 unspecified atom stereocenters. The van der Waals surface area contributed by atoms with Gasteiger partial charge in [0, 0.05) is 55.8 Å². The average Bonchev–Trinajstić information content (AvgIpc) is 3.16. The number of fused-ring (bicyclic) bond motifs is 1. The van der Waals surface area contributed by atoms with E-state index in [2.05, 4.69) is 4.98 Å². The fraction of sp³-hybridized carbons (Fsp3) is 0.304. The van der Waals surface area contributed by atoms with Crippen LogP contribution in [0.1, 0.15) is 24.1 Å². The number of rotatable bonds is 6.